The van der Waals surface area contributed by atoms with E-state index >= 15 is 0 Å². The number of hydrogen-bond acceptors (Lipinski definition) is 6. The average molecular weight is 438 g/mol. The van der Waals surface area contributed by atoms with Gasteiger partial charge in [0.05, 0.1) is 15.6 Å². The van der Waals surface area contributed by atoms with Crippen molar-refractivity contribution < 1.29 is 13.2 Å². The quantitative estimate of drug-likeness (QED) is 0.552. The highest BCUT2D eigenvalue weighted by molar-refractivity contribution is 7.93. The van der Waals surface area contributed by atoms with Gasteiger partial charge < -0.3 is 10.6 Å². The lowest BCUT2D eigenvalue weighted by atomic mass is 10.2. The first kappa shape index (κ1) is 20.1. The van der Waals surface area contributed by atoms with Crippen molar-refractivity contribution in [1.29, 1.82) is 0 Å². The topological polar surface area (TPSA) is 113 Å². The van der Waals surface area contributed by atoms with E-state index in [1.165, 1.54) is 24.3 Å². The molecule has 146 valence electrons. The zero-order valence-electron chi connectivity index (χ0n) is 14.9. The number of amides is 2. The summed E-state index contributed by atoms with van der Waals surface area (Å²) in [5.41, 5.74) is 1.76. The Morgan fingerprint density at radius 3 is 2.36 bits per heavy atom. The Morgan fingerprint density at radius 1 is 1.04 bits per heavy atom. The molecule has 0 saturated carbocycles. The van der Waals surface area contributed by atoms with Gasteiger partial charge in [0.2, 0.25) is 5.13 Å². The molecule has 3 rings (SSSR count). The van der Waals surface area contributed by atoms with Crippen LogP contribution in [0.25, 0.3) is 0 Å². The second-order valence-electron chi connectivity index (χ2n) is 5.77. The third kappa shape index (κ3) is 4.77. The van der Waals surface area contributed by atoms with Crippen molar-refractivity contribution >= 4 is 55.5 Å². The number of aryl methyl sites for hydroxylation is 2. The second-order valence-corrected chi connectivity index (χ2v) is 9.04. The number of urea groups is 1. The van der Waals surface area contributed by atoms with E-state index in [9.17, 15) is 13.2 Å². The van der Waals surface area contributed by atoms with Crippen LogP contribution in [0, 0.1) is 13.8 Å². The van der Waals surface area contributed by atoms with E-state index in [1.807, 2.05) is 13.0 Å². The number of carbonyl (C=O) groups is 1. The highest BCUT2D eigenvalue weighted by Gasteiger charge is 2.16. The molecule has 1 heterocycles. The number of para-hydroxylation sites is 1. The van der Waals surface area contributed by atoms with Gasteiger partial charge in [0.25, 0.3) is 10.0 Å². The second kappa shape index (κ2) is 8.13. The summed E-state index contributed by atoms with van der Waals surface area (Å²) in [6.07, 6.45) is 0. The number of sulfonamides is 1. The van der Waals surface area contributed by atoms with E-state index in [0.717, 1.165) is 16.9 Å². The summed E-state index contributed by atoms with van der Waals surface area (Å²) in [6, 6.07) is 10.5. The van der Waals surface area contributed by atoms with Gasteiger partial charge >= 0.3 is 6.03 Å². The smallest absolute Gasteiger partial charge is 0.308 e. The molecule has 1 aromatic heterocycles. The molecule has 2 amide bonds. The van der Waals surface area contributed by atoms with Crippen LogP contribution in [0.2, 0.25) is 5.02 Å². The van der Waals surface area contributed by atoms with Crippen LogP contribution in [-0.2, 0) is 10.0 Å². The number of nitrogens with zero attached hydrogens (tertiary/aromatic N) is 2. The summed E-state index contributed by atoms with van der Waals surface area (Å²) in [4.78, 5) is 12.2. The lowest BCUT2D eigenvalue weighted by Crippen LogP contribution is -2.20. The molecule has 0 bridgehead atoms. The summed E-state index contributed by atoms with van der Waals surface area (Å²) in [7, 11) is -3.79. The molecule has 0 saturated heterocycles. The molecule has 8 nitrogen and oxygen atoms in total. The molecular formula is C17H16ClN5O3S2. The molecule has 3 aromatic rings. The zero-order valence-corrected chi connectivity index (χ0v) is 17.2. The molecular weight excluding hydrogens is 422 g/mol. The Labute approximate surface area is 171 Å². The van der Waals surface area contributed by atoms with Crippen molar-refractivity contribution in [3.8, 4) is 0 Å². The molecule has 0 atom stereocenters. The molecule has 0 aliphatic carbocycles. The largest absolute Gasteiger partial charge is 0.323 e. The third-order valence-corrected chi connectivity index (χ3v) is 6.18. The van der Waals surface area contributed by atoms with E-state index < -0.39 is 16.1 Å². The normalized spacial score (nSPS) is 11.1. The van der Waals surface area contributed by atoms with Gasteiger partial charge in [-0.3, -0.25) is 4.72 Å². The molecule has 0 spiro atoms. The zero-order chi connectivity index (χ0) is 20.3. The lowest BCUT2D eigenvalue weighted by Gasteiger charge is -2.12. The summed E-state index contributed by atoms with van der Waals surface area (Å²) < 4.78 is 27.1. The monoisotopic (exact) mass is 437 g/mol. The van der Waals surface area contributed by atoms with Crippen molar-refractivity contribution in [1.82, 2.24) is 10.2 Å². The number of anilines is 3. The number of halogens is 1. The SMILES string of the molecule is Cc1nnc(NS(=O)(=O)c2ccc(NC(=O)Nc3c(C)cccc3Cl)cc2)s1. The summed E-state index contributed by atoms with van der Waals surface area (Å²) >= 11 is 7.23. The predicted molar refractivity (Wildman–Crippen MR) is 111 cm³/mol. The highest BCUT2D eigenvalue weighted by atomic mass is 35.5. The van der Waals surface area contributed by atoms with Crippen LogP contribution in [0.15, 0.2) is 47.4 Å². The predicted octanol–water partition coefficient (Wildman–Crippen LogP) is 4.25. The number of rotatable bonds is 5. The molecule has 11 heteroatoms. The minimum absolute atomic E-state index is 0.0354. The van der Waals surface area contributed by atoms with Crippen LogP contribution in [0.4, 0.5) is 21.3 Å². The van der Waals surface area contributed by atoms with Crippen molar-refractivity contribution in [2.24, 2.45) is 0 Å². The Hall–Kier alpha value is -2.69. The van der Waals surface area contributed by atoms with E-state index in [2.05, 4.69) is 25.6 Å². The summed E-state index contributed by atoms with van der Waals surface area (Å²) in [6.45, 7) is 3.55. The number of carbonyl (C=O) groups excluding carboxylic acids is 1. The molecule has 0 radical (unpaired) electrons. The Balaban J connectivity index is 1.68. The van der Waals surface area contributed by atoms with Gasteiger partial charge in [-0.25, -0.2) is 13.2 Å². The van der Waals surface area contributed by atoms with Crippen LogP contribution >= 0.6 is 22.9 Å². The van der Waals surface area contributed by atoms with Crippen molar-refractivity contribution in [3.63, 3.8) is 0 Å². The lowest BCUT2D eigenvalue weighted by molar-refractivity contribution is 0.262. The summed E-state index contributed by atoms with van der Waals surface area (Å²) in [5, 5.41) is 14.1. The van der Waals surface area contributed by atoms with E-state index in [4.69, 9.17) is 11.6 Å². The van der Waals surface area contributed by atoms with Crippen molar-refractivity contribution in [3.05, 3.63) is 58.1 Å². The standard InChI is InChI=1S/C17H16ClN5O3S2/c1-10-4-3-5-14(18)15(10)20-16(24)19-12-6-8-13(9-7-12)28(25,26)23-17-22-21-11(2)27-17/h3-9H,1-2H3,(H,22,23)(H2,19,20,24). The number of benzene rings is 2. The Kier molecular flexibility index (Phi) is 5.82. The number of hydrogen-bond donors (Lipinski definition) is 3. The molecule has 0 unspecified atom stereocenters. The van der Waals surface area contributed by atoms with Crippen LogP contribution in [-0.4, -0.2) is 24.6 Å². The maximum Gasteiger partial charge on any atom is 0.323 e. The average Bonchev–Trinajstić information content (AvgIpc) is 3.03. The molecule has 0 aliphatic heterocycles. The van der Waals surface area contributed by atoms with Crippen LogP contribution in [0.3, 0.4) is 0 Å². The Morgan fingerprint density at radius 2 is 1.75 bits per heavy atom. The maximum absolute atomic E-state index is 12.4. The van der Waals surface area contributed by atoms with Gasteiger partial charge in [0, 0.05) is 5.69 Å². The first-order valence-corrected chi connectivity index (χ1v) is 10.7. The fourth-order valence-electron chi connectivity index (χ4n) is 2.30. The molecule has 0 fully saturated rings. The van der Waals surface area contributed by atoms with Crippen LogP contribution < -0.4 is 15.4 Å². The minimum atomic E-state index is -3.79. The van der Waals surface area contributed by atoms with Gasteiger partial charge in [-0.15, -0.1) is 10.2 Å². The minimum Gasteiger partial charge on any atom is -0.308 e. The number of nitrogens with one attached hydrogen (secondary N) is 3. The fraction of sp³-hybridized carbons (Fsp3) is 0.118. The van der Waals surface area contributed by atoms with Gasteiger partial charge in [-0.05, 0) is 49.7 Å². The fourth-order valence-corrected chi connectivity index (χ4v) is 4.39. The molecule has 0 aliphatic rings. The van der Waals surface area contributed by atoms with E-state index in [0.29, 0.717) is 21.4 Å². The highest BCUT2D eigenvalue weighted by Crippen LogP contribution is 2.25. The maximum atomic E-state index is 12.4. The van der Waals surface area contributed by atoms with Crippen molar-refractivity contribution in [2.75, 3.05) is 15.4 Å². The Bertz CT molecular complexity index is 1090. The molecule has 28 heavy (non-hydrogen) atoms. The third-order valence-electron chi connectivity index (χ3n) is 3.63. The van der Waals surface area contributed by atoms with Crippen molar-refractivity contribution in [2.45, 2.75) is 18.7 Å². The van der Waals surface area contributed by atoms with Gasteiger partial charge in [0.15, 0.2) is 0 Å². The van der Waals surface area contributed by atoms with Gasteiger partial charge in [-0.1, -0.05) is 35.1 Å². The van der Waals surface area contributed by atoms with Crippen LogP contribution in [0.1, 0.15) is 10.6 Å². The van der Waals surface area contributed by atoms with E-state index in [1.54, 1.807) is 19.1 Å². The first-order valence-electron chi connectivity index (χ1n) is 8.01. The van der Waals surface area contributed by atoms with Gasteiger partial charge in [0.1, 0.15) is 5.01 Å². The summed E-state index contributed by atoms with van der Waals surface area (Å²) in [5.74, 6) is 0. The number of aromatic nitrogens is 2. The van der Waals surface area contributed by atoms with Gasteiger partial charge in [-0.2, -0.15) is 0 Å². The van der Waals surface area contributed by atoms with E-state index in [-0.39, 0.29) is 10.0 Å². The molecule has 3 N–H and O–H groups in total. The molecule has 2 aromatic carbocycles. The van der Waals surface area contributed by atoms with Crippen LogP contribution in [0.5, 0.6) is 0 Å². The first-order chi connectivity index (χ1) is 13.2.